The Hall–Kier alpha value is -4.01. The second kappa shape index (κ2) is 7.74. The third kappa shape index (κ3) is 2.91. The van der Waals surface area contributed by atoms with E-state index in [4.69, 9.17) is 4.98 Å². The molecule has 9 heteroatoms. The number of aromatic nitrogens is 2. The maximum Gasteiger partial charge on any atom is 0.330 e. The zero-order valence-electron chi connectivity index (χ0n) is 20.4. The molecule has 0 saturated carbocycles. The fraction of sp³-hybridized carbons (Fsp3) is 0.370. The molecule has 184 valence electrons. The monoisotopic (exact) mass is 485 g/mol. The lowest BCUT2D eigenvalue weighted by molar-refractivity contribution is -0.154. The predicted molar refractivity (Wildman–Crippen MR) is 133 cm³/mol. The minimum Gasteiger partial charge on any atom is -0.347 e. The van der Waals surface area contributed by atoms with Crippen molar-refractivity contribution in [1.82, 2.24) is 19.6 Å². The average molecular weight is 486 g/mol. The molecule has 0 bridgehead atoms. The zero-order chi connectivity index (χ0) is 25.4. The smallest absolute Gasteiger partial charge is 0.330 e. The van der Waals surface area contributed by atoms with Gasteiger partial charge in [-0.15, -0.1) is 0 Å². The highest BCUT2D eigenvalue weighted by atomic mass is 16.2. The molecule has 0 aliphatic carbocycles. The summed E-state index contributed by atoms with van der Waals surface area (Å²) in [5.41, 5.74) is 1.63. The van der Waals surface area contributed by atoms with E-state index in [9.17, 15) is 19.2 Å². The summed E-state index contributed by atoms with van der Waals surface area (Å²) in [7, 11) is 0. The molecule has 3 aromatic rings. The van der Waals surface area contributed by atoms with Crippen LogP contribution in [0.25, 0.3) is 5.65 Å². The van der Waals surface area contributed by atoms with E-state index >= 15 is 0 Å². The van der Waals surface area contributed by atoms with Gasteiger partial charge >= 0.3 is 6.03 Å². The van der Waals surface area contributed by atoms with E-state index in [1.165, 1.54) is 4.40 Å². The average Bonchev–Trinajstić information content (AvgIpc) is 2.86. The molecule has 0 unspecified atom stereocenters. The van der Waals surface area contributed by atoms with E-state index < -0.39 is 29.3 Å². The van der Waals surface area contributed by atoms with Crippen LogP contribution in [-0.2, 0) is 22.4 Å². The summed E-state index contributed by atoms with van der Waals surface area (Å²) in [6.45, 7) is 6.38. The van der Waals surface area contributed by atoms with E-state index in [0.29, 0.717) is 30.0 Å². The number of amides is 4. The van der Waals surface area contributed by atoms with Crippen molar-refractivity contribution in [1.29, 1.82) is 0 Å². The van der Waals surface area contributed by atoms with Gasteiger partial charge in [-0.25, -0.2) is 9.78 Å². The minimum atomic E-state index is -1.68. The van der Waals surface area contributed by atoms with Gasteiger partial charge in [0, 0.05) is 25.7 Å². The van der Waals surface area contributed by atoms with Gasteiger partial charge in [0.1, 0.15) is 11.5 Å². The first-order valence-corrected chi connectivity index (χ1v) is 12.3. The lowest BCUT2D eigenvalue weighted by atomic mass is 9.65. The van der Waals surface area contributed by atoms with E-state index in [1.807, 2.05) is 56.0 Å². The van der Waals surface area contributed by atoms with Crippen LogP contribution in [0, 0.1) is 18.3 Å². The molecule has 4 amide bonds. The molecule has 2 aromatic heterocycles. The van der Waals surface area contributed by atoms with Gasteiger partial charge in [-0.05, 0) is 42.0 Å². The van der Waals surface area contributed by atoms with E-state index in [1.54, 1.807) is 12.3 Å². The number of rotatable bonds is 2. The first kappa shape index (κ1) is 22.5. The molecule has 1 aromatic carbocycles. The van der Waals surface area contributed by atoms with Gasteiger partial charge in [-0.2, -0.15) is 0 Å². The number of carbonyl (C=O) groups excluding carboxylic acids is 3. The molecule has 9 nitrogen and oxygen atoms in total. The van der Waals surface area contributed by atoms with Crippen molar-refractivity contribution >= 4 is 29.3 Å². The number of nitrogens with zero attached hydrogens (tertiary/aromatic N) is 4. The first-order chi connectivity index (χ1) is 17.2. The van der Waals surface area contributed by atoms with E-state index in [2.05, 4.69) is 5.32 Å². The Labute approximate surface area is 207 Å². The number of carbonyl (C=O) groups is 3. The lowest BCUT2D eigenvalue weighted by Gasteiger charge is -2.53. The van der Waals surface area contributed by atoms with Crippen molar-refractivity contribution in [2.75, 3.05) is 18.0 Å². The normalized spacial score (nSPS) is 23.1. The molecule has 0 radical (unpaired) electrons. The van der Waals surface area contributed by atoms with Crippen LogP contribution in [0.2, 0.25) is 0 Å². The minimum absolute atomic E-state index is 0.00906. The van der Waals surface area contributed by atoms with E-state index in [-0.39, 0.29) is 24.4 Å². The summed E-state index contributed by atoms with van der Waals surface area (Å²) in [5, 5.41) is 2.46. The van der Waals surface area contributed by atoms with Crippen LogP contribution in [0.15, 0.2) is 47.4 Å². The highest BCUT2D eigenvalue weighted by Crippen LogP contribution is 2.52. The summed E-state index contributed by atoms with van der Waals surface area (Å²) >= 11 is 0. The Kier molecular flexibility index (Phi) is 4.83. The Morgan fingerprint density at radius 2 is 1.89 bits per heavy atom. The van der Waals surface area contributed by atoms with Gasteiger partial charge in [0.15, 0.2) is 5.41 Å². The third-order valence-electron chi connectivity index (χ3n) is 7.64. The van der Waals surface area contributed by atoms with Gasteiger partial charge in [0.2, 0.25) is 11.8 Å². The van der Waals surface area contributed by atoms with Gasteiger partial charge in [-0.1, -0.05) is 44.2 Å². The highest BCUT2D eigenvalue weighted by Gasteiger charge is 2.64. The molecule has 3 aliphatic rings. The Balaban J connectivity index is 1.66. The number of imide groups is 2. The molecule has 36 heavy (non-hydrogen) atoms. The summed E-state index contributed by atoms with van der Waals surface area (Å²) in [6.07, 6.45) is 2.20. The first-order valence-electron chi connectivity index (χ1n) is 12.3. The van der Waals surface area contributed by atoms with Crippen LogP contribution in [-0.4, -0.2) is 45.2 Å². The number of urea groups is 1. The van der Waals surface area contributed by atoms with Crippen LogP contribution in [0.4, 0.5) is 10.6 Å². The number of nitrogens with one attached hydrogen (secondary N) is 1. The van der Waals surface area contributed by atoms with Gasteiger partial charge in [-0.3, -0.25) is 29.0 Å². The molecule has 1 saturated heterocycles. The third-order valence-corrected chi connectivity index (χ3v) is 7.64. The second-order valence-electron chi connectivity index (χ2n) is 10.4. The van der Waals surface area contributed by atoms with Gasteiger partial charge in [0.05, 0.1) is 11.6 Å². The number of benzene rings is 1. The summed E-state index contributed by atoms with van der Waals surface area (Å²) in [4.78, 5) is 62.6. The van der Waals surface area contributed by atoms with Crippen molar-refractivity contribution in [3.05, 3.63) is 75.2 Å². The number of pyridine rings is 1. The Morgan fingerprint density at radius 1 is 1.11 bits per heavy atom. The number of aryl methyl sites for hydroxylation is 1. The van der Waals surface area contributed by atoms with Crippen LogP contribution in [0.5, 0.6) is 0 Å². The van der Waals surface area contributed by atoms with Crippen molar-refractivity contribution in [2.45, 2.75) is 39.7 Å². The number of hydrogen-bond donors (Lipinski definition) is 1. The van der Waals surface area contributed by atoms with Gasteiger partial charge < -0.3 is 4.90 Å². The molecular formula is C27H27N5O4. The van der Waals surface area contributed by atoms with Crippen molar-refractivity contribution < 1.29 is 14.4 Å². The quantitative estimate of drug-likeness (QED) is 0.559. The highest BCUT2D eigenvalue weighted by molar-refractivity contribution is 6.20. The van der Waals surface area contributed by atoms with Crippen molar-refractivity contribution in [3.63, 3.8) is 0 Å². The Morgan fingerprint density at radius 3 is 2.67 bits per heavy atom. The molecular weight excluding hydrogens is 458 g/mol. The molecule has 2 atom stereocenters. The lowest BCUT2D eigenvalue weighted by Crippen LogP contribution is -2.70. The fourth-order valence-corrected chi connectivity index (χ4v) is 6.05. The molecule has 1 spiro atoms. The maximum atomic E-state index is 14.3. The summed E-state index contributed by atoms with van der Waals surface area (Å²) in [5.74, 6) is -0.707. The number of anilines is 1. The standard InChI is InChI=1S/C27H27N5O4/c1-15(2)14-32-25(35)27(24(34)29-26(32)36)13-19-22(28-21-16(3)7-6-11-31(21)23(19)33)30-12-10-17-8-4-5-9-18(17)20(27)30/h4-9,11,15,20H,10,12-14H2,1-3H3,(H,29,34,36)/t20-,27+/m0/s1. The zero-order valence-corrected chi connectivity index (χ0v) is 20.4. The second-order valence-corrected chi connectivity index (χ2v) is 10.4. The van der Waals surface area contributed by atoms with Gasteiger partial charge in [0.25, 0.3) is 5.56 Å². The SMILES string of the molecule is Cc1cccn2c(=O)c3c(nc12)N1CCc2ccccc2[C@H]1[C@]1(C3)C(=O)NC(=O)N(CC(C)C)C1=O. The van der Waals surface area contributed by atoms with E-state index in [0.717, 1.165) is 21.6 Å². The summed E-state index contributed by atoms with van der Waals surface area (Å²) < 4.78 is 1.47. The van der Waals surface area contributed by atoms with Crippen molar-refractivity contribution in [2.24, 2.45) is 11.3 Å². The number of hydrogen-bond acceptors (Lipinski definition) is 6. The number of fused-ring (bicyclic) bond motifs is 7. The number of barbiturate groups is 1. The largest absolute Gasteiger partial charge is 0.347 e. The maximum absolute atomic E-state index is 14.3. The predicted octanol–water partition coefficient (Wildman–Crippen LogP) is 2.38. The molecule has 6 rings (SSSR count). The summed E-state index contributed by atoms with van der Waals surface area (Å²) in [6, 6.07) is 10.0. The molecule has 3 aliphatic heterocycles. The molecule has 5 heterocycles. The fourth-order valence-electron chi connectivity index (χ4n) is 6.05. The molecule has 1 fully saturated rings. The topological polar surface area (TPSA) is 104 Å². The Bertz CT molecular complexity index is 1530. The van der Waals surface area contributed by atoms with Crippen LogP contribution in [0.1, 0.15) is 42.1 Å². The van der Waals surface area contributed by atoms with Crippen LogP contribution >= 0.6 is 0 Å². The van der Waals surface area contributed by atoms with Crippen LogP contribution in [0.3, 0.4) is 0 Å². The van der Waals surface area contributed by atoms with Crippen LogP contribution < -0.4 is 15.8 Å². The van der Waals surface area contributed by atoms with Crippen molar-refractivity contribution in [3.8, 4) is 0 Å². The molecule has 1 N–H and O–H groups in total.